The van der Waals surface area contributed by atoms with Crippen LogP contribution in [0.1, 0.15) is 17.4 Å². The van der Waals surface area contributed by atoms with Crippen LogP contribution in [-0.2, 0) is 9.84 Å². The smallest absolute Gasteiger partial charge is 0.273 e. The molecule has 112 valence electrons. The lowest BCUT2D eigenvalue weighted by atomic mass is 10.3. The molecule has 0 aliphatic heterocycles. The zero-order chi connectivity index (χ0) is 15.3. The van der Waals surface area contributed by atoms with E-state index in [9.17, 15) is 13.2 Å². The molecule has 0 fully saturated rings. The Labute approximate surface area is 124 Å². The van der Waals surface area contributed by atoms with E-state index in [1.807, 2.05) is 6.92 Å². The Bertz CT molecular complexity index is 590. The molecule has 6 nitrogen and oxygen atoms in total. The van der Waals surface area contributed by atoms with Crippen LogP contribution in [0.3, 0.4) is 0 Å². The predicted molar refractivity (Wildman–Crippen MR) is 80.1 cm³/mol. The fourth-order valence-corrected chi connectivity index (χ4v) is 2.25. The summed E-state index contributed by atoms with van der Waals surface area (Å²) < 4.78 is 22.2. The predicted octanol–water partition coefficient (Wildman–Crippen LogP) is 1.28. The number of halogens is 1. The van der Waals surface area contributed by atoms with Crippen molar-refractivity contribution in [2.75, 3.05) is 37.5 Å². The summed E-state index contributed by atoms with van der Waals surface area (Å²) in [6.07, 6.45) is 1.13. The Morgan fingerprint density at radius 1 is 1.45 bits per heavy atom. The van der Waals surface area contributed by atoms with Crippen LogP contribution in [-0.4, -0.2) is 56.4 Å². The van der Waals surface area contributed by atoms with Gasteiger partial charge < -0.3 is 10.2 Å². The third kappa shape index (κ3) is 4.97. The summed E-state index contributed by atoms with van der Waals surface area (Å²) in [6, 6.07) is 3.27. The minimum Gasteiger partial charge on any atom is -0.370 e. The van der Waals surface area contributed by atoms with Gasteiger partial charge in [-0.25, -0.2) is 13.4 Å². The highest BCUT2D eigenvalue weighted by Crippen LogP contribution is 2.18. The summed E-state index contributed by atoms with van der Waals surface area (Å²) in [6.45, 7) is 2.68. The van der Waals surface area contributed by atoms with Crippen molar-refractivity contribution in [1.29, 1.82) is 0 Å². The maximum Gasteiger partial charge on any atom is 0.273 e. The van der Waals surface area contributed by atoms with Crippen molar-refractivity contribution in [2.24, 2.45) is 0 Å². The molecule has 1 rings (SSSR count). The number of aromatic nitrogens is 1. The van der Waals surface area contributed by atoms with Gasteiger partial charge in [-0.1, -0.05) is 11.6 Å². The molecule has 1 aromatic rings. The molecule has 0 aliphatic carbocycles. The van der Waals surface area contributed by atoms with E-state index in [4.69, 9.17) is 11.6 Å². The first kappa shape index (κ1) is 16.7. The van der Waals surface area contributed by atoms with Gasteiger partial charge in [0.15, 0.2) is 0 Å². The van der Waals surface area contributed by atoms with E-state index in [1.54, 1.807) is 12.1 Å². The fraction of sp³-hybridized carbons (Fsp3) is 0.500. The van der Waals surface area contributed by atoms with Crippen LogP contribution in [0.25, 0.3) is 0 Å². The van der Waals surface area contributed by atoms with Crippen molar-refractivity contribution in [2.45, 2.75) is 6.92 Å². The van der Waals surface area contributed by atoms with Crippen molar-refractivity contribution in [3.63, 3.8) is 0 Å². The van der Waals surface area contributed by atoms with Crippen molar-refractivity contribution in [1.82, 2.24) is 9.88 Å². The first-order chi connectivity index (χ1) is 9.24. The standard InChI is InChI=1S/C12H18ClN3O3S/c1-4-14-10-6-5-9(13)11(15-10)12(17)16(2)7-8-20(3,18)19/h5-6H,4,7-8H2,1-3H3,(H,14,15). The number of nitrogens with one attached hydrogen (secondary N) is 1. The van der Waals surface area contributed by atoms with Gasteiger partial charge in [0.2, 0.25) is 0 Å². The summed E-state index contributed by atoms with van der Waals surface area (Å²) in [5.41, 5.74) is 0.112. The molecule has 0 saturated heterocycles. The Morgan fingerprint density at radius 2 is 2.10 bits per heavy atom. The quantitative estimate of drug-likeness (QED) is 0.854. The van der Waals surface area contributed by atoms with Crippen LogP contribution in [0.2, 0.25) is 5.02 Å². The second-order valence-electron chi connectivity index (χ2n) is 4.41. The van der Waals surface area contributed by atoms with Crippen LogP contribution in [0, 0.1) is 0 Å². The summed E-state index contributed by atoms with van der Waals surface area (Å²) >= 11 is 5.97. The highest BCUT2D eigenvalue weighted by Gasteiger charge is 2.18. The number of hydrogen-bond acceptors (Lipinski definition) is 5. The molecular weight excluding hydrogens is 302 g/mol. The minimum absolute atomic E-state index is 0.0975. The number of hydrogen-bond donors (Lipinski definition) is 1. The van der Waals surface area contributed by atoms with Gasteiger partial charge in [0.05, 0.1) is 10.8 Å². The van der Waals surface area contributed by atoms with Crippen molar-refractivity contribution in [3.8, 4) is 0 Å². The third-order valence-electron chi connectivity index (χ3n) is 2.55. The Morgan fingerprint density at radius 3 is 2.65 bits per heavy atom. The van der Waals surface area contributed by atoms with Gasteiger partial charge in [-0.05, 0) is 19.1 Å². The van der Waals surface area contributed by atoms with Crippen LogP contribution >= 0.6 is 11.6 Å². The normalized spacial score (nSPS) is 11.2. The highest BCUT2D eigenvalue weighted by atomic mass is 35.5. The molecule has 8 heteroatoms. The number of rotatable bonds is 6. The van der Waals surface area contributed by atoms with E-state index in [2.05, 4.69) is 10.3 Å². The molecule has 0 aliphatic rings. The zero-order valence-electron chi connectivity index (χ0n) is 11.7. The number of amides is 1. The molecule has 0 saturated carbocycles. The fourth-order valence-electron chi connectivity index (χ4n) is 1.46. The molecule has 0 unspecified atom stereocenters. The Hall–Kier alpha value is -1.34. The first-order valence-corrected chi connectivity index (χ1v) is 8.52. The van der Waals surface area contributed by atoms with Crippen molar-refractivity contribution >= 4 is 33.2 Å². The average molecular weight is 320 g/mol. The SMILES string of the molecule is CCNc1ccc(Cl)c(C(=O)N(C)CCS(C)(=O)=O)n1. The van der Waals surface area contributed by atoms with Gasteiger partial charge in [0, 0.05) is 26.4 Å². The third-order valence-corrected chi connectivity index (χ3v) is 3.78. The largest absolute Gasteiger partial charge is 0.370 e. The van der Waals surface area contributed by atoms with Gasteiger partial charge in [-0.3, -0.25) is 4.79 Å². The van der Waals surface area contributed by atoms with E-state index < -0.39 is 15.7 Å². The van der Waals surface area contributed by atoms with Crippen LogP contribution in [0.5, 0.6) is 0 Å². The molecule has 1 amide bonds. The molecule has 0 bridgehead atoms. The highest BCUT2D eigenvalue weighted by molar-refractivity contribution is 7.90. The second-order valence-corrected chi connectivity index (χ2v) is 7.08. The summed E-state index contributed by atoms with van der Waals surface area (Å²) in [5.74, 6) is 0.0508. The van der Waals surface area contributed by atoms with E-state index in [-0.39, 0.29) is 23.0 Å². The number of pyridine rings is 1. The van der Waals surface area contributed by atoms with Gasteiger partial charge in [0.1, 0.15) is 21.3 Å². The Kier molecular flexibility index (Phi) is 5.76. The second kappa shape index (κ2) is 6.90. The molecule has 0 atom stereocenters. The first-order valence-electron chi connectivity index (χ1n) is 6.08. The molecule has 1 heterocycles. The van der Waals surface area contributed by atoms with E-state index in [0.29, 0.717) is 12.4 Å². The number of carbonyl (C=O) groups excluding carboxylic acids is 1. The number of anilines is 1. The molecule has 0 radical (unpaired) electrons. The van der Waals surface area contributed by atoms with Gasteiger partial charge in [-0.2, -0.15) is 0 Å². The topological polar surface area (TPSA) is 79.4 Å². The maximum absolute atomic E-state index is 12.2. The average Bonchev–Trinajstić information content (AvgIpc) is 2.37. The molecular formula is C12H18ClN3O3S. The van der Waals surface area contributed by atoms with Crippen LogP contribution < -0.4 is 5.32 Å². The molecule has 1 aromatic heterocycles. The lowest BCUT2D eigenvalue weighted by molar-refractivity contribution is 0.0798. The van der Waals surface area contributed by atoms with Gasteiger partial charge in [-0.15, -0.1) is 0 Å². The monoisotopic (exact) mass is 319 g/mol. The molecule has 0 aromatic carbocycles. The van der Waals surface area contributed by atoms with Crippen LogP contribution in [0.4, 0.5) is 5.82 Å². The van der Waals surface area contributed by atoms with Crippen LogP contribution in [0.15, 0.2) is 12.1 Å². The Balaban J connectivity index is 2.87. The molecule has 1 N–H and O–H groups in total. The minimum atomic E-state index is -3.12. The summed E-state index contributed by atoms with van der Waals surface area (Å²) in [5, 5.41) is 3.23. The van der Waals surface area contributed by atoms with E-state index >= 15 is 0 Å². The molecule has 0 spiro atoms. The van der Waals surface area contributed by atoms with Crippen molar-refractivity contribution in [3.05, 3.63) is 22.8 Å². The summed E-state index contributed by atoms with van der Waals surface area (Å²) in [7, 11) is -1.60. The zero-order valence-corrected chi connectivity index (χ0v) is 13.3. The van der Waals surface area contributed by atoms with Gasteiger partial charge >= 0.3 is 0 Å². The maximum atomic E-state index is 12.2. The van der Waals surface area contributed by atoms with E-state index in [1.165, 1.54) is 11.9 Å². The number of sulfone groups is 1. The van der Waals surface area contributed by atoms with Crippen molar-refractivity contribution < 1.29 is 13.2 Å². The van der Waals surface area contributed by atoms with Gasteiger partial charge in [0.25, 0.3) is 5.91 Å². The molecule has 20 heavy (non-hydrogen) atoms. The summed E-state index contributed by atoms with van der Waals surface area (Å²) in [4.78, 5) is 17.6. The lowest BCUT2D eigenvalue weighted by Gasteiger charge is -2.17. The number of carbonyl (C=O) groups is 1. The van der Waals surface area contributed by atoms with E-state index in [0.717, 1.165) is 6.26 Å². The lowest BCUT2D eigenvalue weighted by Crippen LogP contribution is -2.32. The number of nitrogens with zero attached hydrogens (tertiary/aromatic N) is 2.